The monoisotopic (exact) mass is 372 g/mol. The number of amides is 2. The Hall–Kier alpha value is -2.86. The molecule has 0 spiro atoms. The van der Waals surface area contributed by atoms with E-state index in [1.54, 1.807) is 12.3 Å². The summed E-state index contributed by atoms with van der Waals surface area (Å²) in [4.78, 5) is 23.1. The fourth-order valence-electron chi connectivity index (χ4n) is 2.54. The van der Waals surface area contributed by atoms with E-state index in [0.717, 1.165) is 22.6 Å². The molecule has 0 bridgehead atoms. The maximum atomic E-state index is 11.7. The van der Waals surface area contributed by atoms with Crippen molar-refractivity contribution in [1.82, 2.24) is 15.3 Å². The third kappa shape index (κ3) is 5.07. The van der Waals surface area contributed by atoms with Crippen molar-refractivity contribution in [3.63, 3.8) is 0 Å². The van der Waals surface area contributed by atoms with Gasteiger partial charge in [0.2, 0.25) is 11.8 Å². The molecule has 6 nitrogen and oxygen atoms in total. The van der Waals surface area contributed by atoms with Crippen molar-refractivity contribution < 1.29 is 9.59 Å². The van der Waals surface area contributed by atoms with Gasteiger partial charge in [0.1, 0.15) is 6.42 Å². The number of nitrogens with zero attached hydrogens (tertiary/aromatic N) is 2. The van der Waals surface area contributed by atoms with E-state index in [1.165, 1.54) is 0 Å². The summed E-state index contributed by atoms with van der Waals surface area (Å²) >= 11 is 6.07. The normalized spacial score (nSPS) is 10.7. The van der Waals surface area contributed by atoms with E-state index in [4.69, 9.17) is 11.6 Å². The van der Waals surface area contributed by atoms with E-state index in [9.17, 15) is 9.59 Å². The van der Waals surface area contributed by atoms with Gasteiger partial charge in [0.15, 0.2) is 0 Å². The molecular weight excluding hydrogens is 352 g/mol. The topological polar surface area (TPSA) is 75.5 Å². The average Bonchev–Trinajstić information content (AvgIpc) is 2.86. The van der Waals surface area contributed by atoms with E-state index in [-0.39, 0.29) is 12.3 Å². The van der Waals surface area contributed by atoms with Crippen LogP contribution in [-0.4, -0.2) is 29.1 Å². The van der Waals surface area contributed by atoms with Crippen LogP contribution in [-0.2, 0) is 9.59 Å². The van der Waals surface area contributed by atoms with Crippen LogP contribution in [0.1, 0.15) is 23.4 Å². The number of hydrogen-bond donors (Lipinski definition) is 2. The van der Waals surface area contributed by atoms with Gasteiger partial charge in [-0.3, -0.25) is 9.59 Å². The maximum Gasteiger partial charge on any atom is 0.249 e. The standard InChI is InChI=1S/C19H21ClN4O2/c1-4-8-21-18(25)11-19(26)23-22-12-15-9-13(2)24(14(15)3)17-7-5-6-16(20)10-17/h4-7,9-10,12H,1,8,11H2,2-3H3,(H,21,25)(H,23,26)/b22-12+. The first-order chi connectivity index (χ1) is 12.4. The van der Waals surface area contributed by atoms with E-state index in [1.807, 2.05) is 44.2 Å². The predicted octanol–water partition coefficient (Wildman–Crippen LogP) is 2.89. The molecule has 0 radical (unpaired) electrons. The molecule has 2 amide bonds. The second-order valence-corrected chi connectivity index (χ2v) is 6.14. The molecule has 2 rings (SSSR count). The number of rotatable bonds is 7. The number of aryl methyl sites for hydroxylation is 1. The number of carbonyl (C=O) groups is 2. The van der Waals surface area contributed by atoms with Gasteiger partial charge in [-0.15, -0.1) is 6.58 Å². The number of aromatic nitrogens is 1. The van der Waals surface area contributed by atoms with Crippen molar-refractivity contribution in [2.45, 2.75) is 20.3 Å². The first-order valence-corrected chi connectivity index (χ1v) is 8.44. The van der Waals surface area contributed by atoms with Gasteiger partial charge >= 0.3 is 0 Å². The minimum absolute atomic E-state index is 0.285. The fourth-order valence-corrected chi connectivity index (χ4v) is 2.72. The zero-order valence-electron chi connectivity index (χ0n) is 14.8. The summed E-state index contributed by atoms with van der Waals surface area (Å²) < 4.78 is 2.05. The second-order valence-electron chi connectivity index (χ2n) is 5.70. The number of carbonyl (C=O) groups excluding carboxylic acids is 2. The van der Waals surface area contributed by atoms with Gasteiger partial charge in [-0.1, -0.05) is 23.7 Å². The molecule has 136 valence electrons. The summed E-state index contributed by atoms with van der Waals surface area (Å²) in [6.07, 6.45) is 2.82. The Morgan fingerprint density at radius 2 is 2.04 bits per heavy atom. The molecule has 0 fully saturated rings. The van der Waals surface area contributed by atoms with Crippen molar-refractivity contribution >= 4 is 29.6 Å². The lowest BCUT2D eigenvalue weighted by Crippen LogP contribution is -2.29. The lowest BCUT2D eigenvalue weighted by atomic mass is 10.2. The lowest BCUT2D eigenvalue weighted by molar-refractivity contribution is -0.129. The number of hydrogen-bond acceptors (Lipinski definition) is 3. The van der Waals surface area contributed by atoms with Gasteiger partial charge in [0.05, 0.1) is 6.21 Å². The third-order valence-electron chi connectivity index (χ3n) is 3.69. The molecule has 0 aliphatic rings. The van der Waals surface area contributed by atoms with Crippen molar-refractivity contribution in [3.05, 3.63) is 65.0 Å². The molecule has 0 saturated carbocycles. The van der Waals surface area contributed by atoms with Crippen LogP contribution in [0.3, 0.4) is 0 Å². The van der Waals surface area contributed by atoms with Crippen LogP contribution in [0.5, 0.6) is 0 Å². The quantitative estimate of drug-likeness (QED) is 0.339. The van der Waals surface area contributed by atoms with Crippen LogP contribution < -0.4 is 10.7 Å². The molecule has 2 N–H and O–H groups in total. The lowest BCUT2D eigenvalue weighted by Gasteiger charge is -2.09. The van der Waals surface area contributed by atoms with Crippen molar-refractivity contribution in [2.75, 3.05) is 6.54 Å². The molecule has 26 heavy (non-hydrogen) atoms. The molecular formula is C19H21ClN4O2. The van der Waals surface area contributed by atoms with E-state index < -0.39 is 5.91 Å². The van der Waals surface area contributed by atoms with Gasteiger partial charge in [-0.2, -0.15) is 5.10 Å². The van der Waals surface area contributed by atoms with E-state index in [2.05, 4.69) is 27.0 Å². The molecule has 0 aliphatic carbocycles. The highest BCUT2D eigenvalue weighted by Gasteiger charge is 2.10. The summed E-state index contributed by atoms with van der Waals surface area (Å²) in [6.45, 7) is 7.75. The van der Waals surface area contributed by atoms with Crippen molar-refractivity contribution in [2.24, 2.45) is 5.10 Å². The van der Waals surface area contributed by atoms with Gasteiger partial charge in [-0.25, -0.2) is 5.43 Å². The number of nitrogens with one attached hydrogen (secondary N) is 2. The highest BCUT2D eigenvalue weighted by Crippen LogP contribution is 2.22. The fraction of sp³-hybridized carbons (Fsp3) is 0.211. The van der Waals surface area contributed by atoms with Crippen molar-refractivity contribution in [1.29, 1.82) is 0 Å². The Kier molecular flexibility index (Phi) is 6.74. The van der Waals surface area contributed by atoms with Gasteiger partial charge in [0.25, 0.3) is 0 Å². The SMILES string of the molecule is C=CCNC(=O)CC(=O)N/N=C/c1cc(C)n(-c2cccc(Cl)c2)c1C. The van der Waals surface area contributed by atoms with Crippen LogP contribution in [0.2, 0.25) is 5.02 Å². The molecule has 1 aromatic heterocycles. The molecule has 1 aromatic carbocycles. The van der Waals surface area contributed by atoms with Crippen LogP contribution in [0.15, 0.2) is 48.1 Å². The van der Waals surface area contributed by atoms with Crippen LogP contribution in [0.4, 0.5) is 0 Å². The minimum atomic E-state index is -0.480. The predicted molar refractivity (Wildman–Crippen MR) is 104 cm³/mol. The Balaban J connectivity index is 2.05. The molecule has 0 atom stereocenters. The molecule has 2 aromatic rings. The first-order valence-electron chi connectivity index (χ1n) is 8.06. The zero-order chi connectivity index (χ0) is 19.1. The Morgan fingerprint density at radius 3 is 2.73 bits per heavy atom. The highest BCUT2D eigenvalue weighted by molar-refractivity contribution is 6.30. The molecule has 0 saturated heterocycles. The van der Waals surface area contributed by atoms with Crippen molar-refractivity contribution in [3.8, 4) is 5.69 Å². The highest BCUT2D eigenvalue weighted by atomic mass is 35.5. The largest absolute Gasteiger partial charge is 0.352 e. The van der Waals surface area contributed by atoms with Gasteiger partial charge < -0.3 is 9.88 Å². The summed E-state index contributed by atoms with van der Waals surface area (Å²) in [7, 11) is 0. The van der Waals surface area contributed by atoms with Crippen LogP contribution in [0.25, 0.3) is 5.69 Å². The van der Waals surface area contributed by atoms with Gasteiger partial charge in [-0.05, 0) is 38.1 Å². The third-order valence-corrected chi connectivity index (χ3v) is 3.93. The molecule has 0 aliphatic heterocycles. The number of hydrazone groups is 1. The summed E-state index contributed by atoms with van der Waals surface area (Å²) in [5, 5.41) is 7.13. The van der Waals surface area contributed by atoms with Crippen LogP contribution >= 0.6 is 11.6 Å². The van der Waals surface area contributed by atoms with Crippen LogP contribution in [0, 0.1) is 13.8 Å². The Morgan fingerprint density at radius 1 is 1.27 bits per heavy atom. The number of benzene rings is 1. The molecule has 7 heteroatoms. The second kappa shape index (κ2) is 9.01. The molecule has 1 heterocycles. The zero-order valence-corrected chi connectivity index (χ0v) is 15.5. The maximum absolute atomic E-state index is 11.7. The van der Waals surface area contributed by atoms with Gasteiger partial charge in [0, 0.05) is 34.2 Å². The Labute approximate surface area is 157 Å². The Bertz CT molecular complexity index is 855. The van der Waals surface area contributed by atoms with E-state index in [0.29, 0.717) is 11.6 Å². The minimum Gasteiger partial charge on any atom is -0.352 e. The summed E-state index contributed by atoms with van der Waals surface area (Å²) in [6, 6.07) is 9.52. The molecule has 0 unspecified atom stereocenters. The first kappa shape index (κ1) is 19.5. The summed E-state index contributed by atoms with van der Waals surface area (Å²) in [5.74, 6) is -0.858. The average molecular weight is 373 g/mol. The number of halogens is 1. The van der Waals surface area contributed by atoms with E-state index >= 15 is 0 Å². The summed E-state index contributed by atoms with van der Waals surface area (Å²) in [5.41, 5.74) is 6.15. The smallest absolute Gasteiger partial charge is 0.249 e.